The molecule has 5 heteroatoms. The number of ether oxygens (including phenoxy) is 1. The van der Waals surface area contributed by atoms with Crippen molar-refractivity contribution < 1.29 is 17.5 Å². The van der Waals surface area contributed by atoms with Crippen molar-refractivity contribution in [3.8, 4) is 0 Å². The molecule has 0 aromatic heterocycles. The van der Waals surface area contributed by atoms with E-state index in [-0.39, 0.29) is 23.2 Å². The van der Waals surface area contributed by atoms with Gasteiger partial charge < -0.3 is 4.74 Å². The van der Waals surface area contributed by atoms with Crippen molar-refractivity contribution in [2.45, 2.75) is 24.8 Å². The van der Waals surface area contributed by atoms with Crippen LogP contribution in [0.5, 0.6) is 0 Å². The van der Waals surface area contributed by atoms with Gasteiger partial charge in [0, 0.05) is 16.5 Å². The largest absolute Gasteiger partial charge is 0.374 e. The fourth-order valence-corrected chi connectivity index (χ4v) is 3.19. The Bertz CT molecular complexity index is 573. The first-order chi connectivity index (χ1) is 7.92. The van der Waals surface area contributed by atoms with Crippen LogP contribution in [0.3, 0.4) is 0 Å². The lowest BCUT2D eigenvalue weighted by atomic mass is 10.1. The number of rotatable bonds is 3. The van der Waals surface area contributed by atoms with E-state index in [0.29, 0.717) is 5.57 Å². The molecule has 0 saturated carbocycles. The van der Waals surface area contributed by atoms with Crippen LogP contribution in [0.25, 0.3) is 5.57 Å². The number of benzene rings is 1. The first-order valence-corrected chi connectivity index (χ1v) is 6.82. The summed E-state index contributed by atoms with van der Waals surface area (Å²) in [6, 6.07) is 4.06. The van der Waals surface area contributed by atoms with Gasteiger partial charge in [-0.25, -0.2) is 12.8 Å². The SMILES string of the molecule is CC(C)OCC1=CS(=O)(=O)c2cccc(F)c21. The van der Waals surface area contributed by atoms with E-state index in [2.05, 4.69) is 0 Å². The molecule has 0 atom stereocenters. The normalized spacial score (nSPS) is 17.1. The summed E-state index contributed by atoms with van der Waals surface area (Å²) in [7, 11) is -3.51. The Labute approximate surface area is 99.8 Å². The Morgan fingerprint density at radius 1 is 1.35 bits per heavy atom. The van der Waals surface area contributed by atoms with Gasteiger partial charge >= 0.3 is 0 Å². The van der Waals surface area contributed by atoms with E-state index >= 15 is 0 Å². The third-order valence-corrected chi connectivity index (χ3v) is 4.02. The molecular formula is C12H13FO3S. The Kier molecular flexibility index (Phi) is 3.05. The van der Waals surface area contributed by atoms with E-state index in [1.165, 1.54) is 18.2 Å². The van der Waals surface area contributed by atoms with Gasteiger partial charge in [-0.05, 0) is 26.0 Å². The standard InChI is InChI=1S/C12H13FO3S/c1-8(2)16-6-9-7-17(14,15)11-5-3-4-10(13)12(9)11/h3-5,7-8H,6H2,1-2H3. The molecule has 1 heterocycles. The summed E-state index contributed by atoms with van der Waals surface area (Å²) in [5.41, 5.74) is 0.528. The highest BCUT2D eigenvalue weighted by molar-refractivity contribution is 7.95. The van der Waals surface area contributed by atoms with Gasteiger partial charge in [0.25, 0.3) is 0 Å². The molecule has 0 amide bonds. The minimum Gasteiger partial charge on any atom is -0.374 e. The molecule has 1 aliphatic heterocycles. The molecule has 0 aliphatic carbocycles. The lowest BCUT2D eigenvalue weighted by molar-refractivity contribution is 0.107. The van der Waals surface area contributed by atoms with Crippen LogP contribution in [0.4, 0.5) is 4.39 Å². The predicted octanol–water partition coefficient (Wildman–Crippen LogP) is 2.38. The zero-order chi connectivity index (χ0) is 12.6. The van der Waals surface area contributed by atoms with Crippen molar-refractivity contribution >= 4 is 15.4 Å². The Balaban J connectivity index is 2.45. The molecule has 2 rings (SSSR count). The summed E-state index contributed by atoms with van der Waals surface area (Å²) < 4.78 is 42.5. The molecular weight excluding hydrogens is 243 g/mol. The summed E-state index contributed by atoms with van der Waals surface area (Å²) in [6.45, 7) is 3.78. The van der Waals surface area contributed by atoms with Gasteiger partial charge in [-0.1, -0.05) is 6.07 Å². The highest BCUT2D eigenvalue weighted by atomic mass is 32.2. The van der Waals surface area contributed by atoms with Crippen molar-refractivity contribution in [1.82, 2.24) is 0 Å². The first kappa shape index (κ1) is 12.3. The first-order valence-electron chi connectivity index (χ1n) is 5.28. The zero-order valence-electron chi connectivity index (χ0n) is 9.60. The molecule has 3 nitrogen and oxygen atoms in total. The second-order valence-corrected chi connectivity index (χ2v) is 5.93. The molecule has 0 N–H and O–H groups in total. The summed E-state index contributed by atoms with van der Waals surface area (Å²) in [5, 5.41) is 1.09. The molecule has 1 aromatic rings. The van der Waals surface area contributed by atoms with Crippen LogP contribution >= 0.6 is 0 Å². The molecule has 1 aliphatic rings. The summed E-state index contributed by atoms with van der Waals surface area (Å²) >= 11 is 0. The van der Waals surface area contributed by atoms with Gasteiger partial charge in [-0.2, -0.15) is 0 Å². The Morgan fingerprint density at radius 2 is 2.06 bits per heavy atom. The predicted molar refractivity (Wildman–Crippen MR) is 62.7 cm³/mol. The average molecular weight is 256 g/mol. The van der Waals surface area contributed by atoms with E-state index in [1.54, 1.807) is 0 Å². The highest BCUT2D eigenvalue weighted by Crippen LogP contribution is 2.35. The quantitative estimate of drug-likeness (QED) is 0.834. The maximum absolute atomic E-state index is 13.6. The lowest BCUT2D eigenvalue weighted by Gasteiger charge is -2.09. The summed E-state index contributed by atoms with van der Waals surface area (Å²) in [6.07, 6.45) is -0.0329. The maximum Gasteiger partial charge on any atom is 0.200 e. The number of hydrogen-bond acceptors (Lipinski definition) is 3. The van der Waals surface area contributed by atoms with Crippen LogP contribution in [0.1, 0.15) is 19.4 Å². The van der Waals surface area contributed by atoms with Crippen molar-refractivity contribution in [3.63, 3.8) is 0 Å². The number of hydrogen-bond donors (Lipinski definition) is 0. The fraction of sp³-hybridized carbons (Fsp3) is 0.333. The van der Waals surface area contributed by atoms with Gasteiger partial charge in [-0.3, -0.25) is 0 Å². The van der Waals surface area contributed by atoms with Crippen LogP contribution in [0.15, 0.2) is 28.5 Å². The maximum atomic E-state index is 13.6. The highest BCUT2D eigenvalue weighted by Gasteiger charge is 2.29. The molecule has 0 saturated heterocycles. The van der Waals surface area contributed by atoms with Crippen LogP contribution in [-0.2, 0) is 14.6 Å². The molecule has 0 fully saturated rings. The van der Waals surface area contributed by atoms with Crippen LogP contribution in [-0.4, -0.2) is 21.1 Å². The Morgan fingerprint density at radius 3 is 2.71 bits per heavy atom. The minimum atomic E-state index is -3.51. The average Bonchev–Trinajstić information content (AvgIpc) is 2.49. The number of fused-ring (bicyclic) bond motifs is 1. The van der Waals surface area contributed by atoms with Gasteiger partial charge in [-0.15, -0.1) is 0 Å². The summed E-state index contributed by atoms with van der Waals surface area (Å²) in [4.78, 5) is 0.0276. The van der Waals surface area contributed by atoms with Gasteiger partial charge in [0.15, 0.2) is 0 Å². The molecule has 0 radical (unpaired) electrons. The molecule has 1 aromatic carbocycles. The molecule has 0 bridgehead atoms. The summed E-state index contributed by atoms with van der Waals surface area (Å²) in [5.74, 6) is -0.526. The van der Waals surface area contributed by atoms with E-state index in [1.807, 2.05) is 13.8 Å². The van der Waals surface area contributed by atoms with Crippen LogP contribution in [0.2, 0.25) is 0 Å². The van der Waals surface area contributed by atoms with Crippen molar-refractivity contribution in [3.05, 3.63) is 35.0 Å². The molecule has 17 heavy (non-hydrogen) atoms. The topological polar surface area (TPSA) is 43.4 Å². The van der Waals surface area contributed by atoms with Crippen LogP contribution < -0.4 is 0 Å². The van der Waals surface area contributed by atoms with E-state index in [0.717, 1.165) is 5.41 Å². The van der Waals surface area contributed by atoms with Crippen molar-refractivity contribution in [2.75, 3.05) is 6.61 Å². The van der Waals surface area contributed by atoms with Gasteiger partial charge in [0.2, 0.25) is 9.84 Å². The van der Waals surface area contributed by atoms with E-state index < -0.39 is 15.7 Å². The smallest absolute Gasteiger partial charge is 0.200 e. The van der Waals surface area contributed by atoms with E-state index in [9.17, 15) is 12.8 Å². The monoisotopic (exact) mass is 256 g/mol. The van der Waals surface area contributed by atoms with E-state index in [4.69, 9.17) is 4.74 Å². The zero-order valence-corrected chi connectivity index (χ0v) is 10.4. The Hall–Kier alpha value is -1.20. The van der Waals surface area contributed by atoms with Crippen molar-refractivity contribution in [2.24, 2.45) is 0 Å². The van der Waals surface area contributed by atoms with Crippen molar-refractivity contribution in [1.29, 1.82) is 0 Å². The minimum absolute atomic E-state index is 0.0276. The second kappa shape index (κ2) is 4.23. The van der Waals surface area contributed by atoms with Gasteiger partial charge in [0.1, 0.15) is 5.82 Å². The fourth-order valence-electron chi connectivity index (χ4n) is 1.73. The van der Waals surface area contributed by atoms with Crippen LogP contribution in [0, 0.1) is 5.82 Å². The van der Waals surface area contributed by atoms with Gasteiger partial charge in [0.05, 0.1) is 17.6 Å². The third kappa shape index (κ3) is 2.25. The molecule has 0 spiro atoms. The molecule has 0 unspecified atom stereocenters. The second-order valence-electron chi connectivity index (χ2n) is 4.16. The number of halogens is 1. The number of sulfone groups is 1. The molecule has 92 valence electrons. The third-order valence-electron chi connectivity index (χ3n) is 2.47. The lowest BCUT2D eigenvalue weighted by Crippen LogP contribution is -2.05.